The minimum absolute atomic E-state index is 0.00407. The lowest BCUT2D eigenvalue weighted by Gasteiger charge is -2.18. The van der Waals surface area contributed by atoms with Crippen molar-refractivity contribution in [3.8, 4) is 12.3 Å². The highest BCUT2D eigenvalue weighted by Crippen LogP contribution is 2.19. The predicted molar refractivity (Wildman–Crippen MR) is 80.7 cm³/mol. The molecule has 0 unspecified atom stereocenters. The Balaban J connectivity index is 2.24. The van der Waals surface area contributed by atoms with Gasteiger partial charge >= 0.3 is 5.97 Å². The number of hydrogen-bond donors (Lipinski definition) is 1. The average molecular weight is 281 g/mol. The van der Waals surface area contributed by atoms with E-state index in [9.17, 15) is 9.59 Å². The molecule has 0 aliphatic heterocycles. The number of amides is 1. The molecule has 0 atom stereocenters. The van der Waals surface area contributed by atoms with E-state index in [1.54, 1.807) is 0 Å². The molecule has 0 spiro atoms. The Hall–Kier alpha value is -2.80. The van der Waals surface area contributed by atoms with Gasteiger partial charge in [0, 0.05) is 0 Å². The Kier molecular flexibility index (Phi) is 4.57. The van der Waals surface area contributed by atoms with Crippen molar-refractivity contribution in [3.05, 3.63) is 48.0 Å². The maximum atomic E-state index is 12.2. The molecule has 4 heteroatoms. The summed E-state index contributed by atoms with van der Waals surface area (Å²) >= 11 is 0. The largest absolute Gasteiger partial charge is 0.480 e. The molecule has 1 amide bonds. The highest BCUT2D eigenvalue weighted by atomic mass is 16.4. The van der Waals surface area contributed by atoms with Gasteiger partial charge in [0.2, 0.25) is 5.91 Å². The summed E-state index contributed by atoms with van der Waals surface area (Å²) in [7, 11) is 0. The maximum Gasteiger partial charge on any atom is 0.323 e. The predicted octanol–water partition coefficient (Wildman–Crippen LogP) is 1.93. The number of carboxylic acid groups (broad SMARTS) is 1. The van der Waals surface area contributed by atoms with Gasteiger partial charge in [0.05, 0.1) is 13.0 Å². The fourth-order valence-electron chi connectivity index (χ4n) is 2.23. The summed E-state index contributed by atoms with van der Waals surface area (Å²) in [6.07, 6.45) is 5.33. The number of fused-ring (bicyclic) bond motifs is 1. The zero-order valence-electron chi connectivity index (χ0n) is 11.5. The smallest absolute Gasteiger partial charge is 0.323 e. The van der Waals surface area contributed by atoms with Crippen LogP contribution >= 0.6 is 0 Å². The molecular weight excluding hydrogens is 266 g/mol. The normalized spacial score (nSPS) is 10.0. The van der Waals surface area contributed by atoms with Crippen LogP contribution in [0.25, 0.3) is 10.8 Å². The number of nitrogens with zero attached hydrogens (tertiary/aromatic N) is 1. The molecule has 0 bridgehead atoms. The number of carbonyl (C=O) groups excluding carboxylic acids is 1. The van der Waals surface area contributed by atoms with Crippen molar-refractivity contribution in [3.63, 3.8) is 0 Å². The van der Waals surface area contributed by atoms with Gasteiger partial charge in [-0.1, -0.05) is 48.4 Å². The molecule has 0 radical (unpaired) electrons. The van der Waals surface area contributed by atoms with Crippen LogP contribution in [0.2, 0.25) is 0 Å². The van der Waals surface area contributed by atoms with Gasteiger partial charge in [-0.15, -0.1) is 6.42 Å². The molecule has 0 saturated carbocycles. The van der Waals surface area contributed by atoms with Gasteiger partial charge < -0.3 is 10.0 Å². The number of hydrogen-bond acceptors (Lipinski definition) is 2. The third-order valence-corrected chi connectivity index (χ3v) is 3.18. The van der Waals surface area contributed by atoms with Gasteiger partial charge in [-0.2, -0.15) is 0 Å². The molecule has 0 saturated heterocycles. The van der Waals surface area contributed by atoms with Crippen LogP contribution in [0.3, 0.4) is 0 Å². The first kappa shape index (κ1) is 14.6. The molecule has 0 heterocycles. The maximum absolute atomic E-state index is 12.2. The first-order valence-corrected chi connectivity index (χ1v) is 6.51. The van der Waals surface area contributed by atoms with Crippen LogP contribution in [-0.2, 0) is 16.0 Å². The fraction of sp³-hybridized carbons (Fsp3) is 0.176. The topological polar surface area (TPSA) is 57.6 Å². The number of aliphatic carboxylic acids is 1. The summed E-state index contributed by atoms with van der Waals surface area (Å²) in [5, 5.41) is 10.9. The quantitative estimate of drug-likeness (QED) is 0.852. The van der Waals surface area contributed by atoms with E-state index in [-0.39, 0.29) is 25.4 Å². The minimum Gasteiger partial charge on any atom is -0.480 e. The van der Waals surface area contributed by atoms with Gasteiger partial charge in [0.25, 0.3) is 0 Å². The van der Waals surface area contributed by atoms with Crippen molar-refractivity contribution >= 4 is 22.6 Å². The van der Waals surface area contributed by atoms with E-state index >= 15 is 0 Å². The van der Waals surface area contributed by atoms with Gasteiger partial charge in [-0.05, 0) is 16.3 Å². The summed E-state index contributed by atoms with van der Waals surface area (Å²) in [6, 6.07) is 13.5. The summed E-state index contributed by atoms with van der Waals surface area (Å²) in [5.74, 6) is 0.961. The Morgan fingerprint density at radius 2 is 1.86 bits per heavy atom. The lowest BCUT2D eigenvalue weighted by molar-refractivity contribution is -0.143. The van der Waals surface area contributed by atoms with Gasteiger partial charge in [-0.25, -0.2) is 0 Å². The molecule has 0 fully saturated rings. The number of terminal acetylenes is 1. The fourth-order valence-corrected chi connectivity index (χ4v) is 2.23. The molecule has 0 aliphatic rings. The van der Waals surface area contributed by atoms with Crippen molar-refractivity contribution in [2.24, 2.45) is 0 Å². The van der Waals surface area contributed by atoms with E-state index in [1.807, 2.05) is 42.5 Å². The molecule has 0 aromatic heterocycles. The van der Waals surface area contributed by atoms with E-state index in [0.717, 1.165) is 16.3 Å². The Morgan fingerprint density at radius 3 is 2.57 bits per heavy atom. The molecule has 4 nitrogen and oxygen atoms in total. The summed E-state index contributed by atoms with van der Waals surface area (Å²) in [6.45, 7) is -0.385. The third-order valence-electron chi connectivity index (χ3n) is 3.18. The molecular formula is C17H15NO3. The number of rotatable bonds is 5. The SMILES string of the molecule is C#CCN(CC(=O)O)C(=O)Cc1cccc2ccccc12. The lowest BCUT2D eigenvalue weighted by Crippen LogP contribution is -2.37. The van der Waals surface area contributed by atoms with Crippen molar-refractivity contribution < 1.29 is 14.7 Å². The third kappa shape index (κ3) is 3.61. The second-order valence-electron chi connectivity index (χ2n) is 4.66. The van der Waals surface area contributed by atoms with Crippen molar-refractivity contribution in [2.45, 2.75) is 6.42 Å². The Bertz CT molecular complexity index is 710. The minimum atomic E-state index is -1.07. The molecule has 2 aromatic rings. The summed E-state index contributed by atoms with van der Waals surface area (Å²) in [4.78, 5) is 24.2. The van der Waals surface area contributed by atoms with Crippen LogP contribution in [-0.4, -0.2) is 35.0 Å². The van der Waals surface area contributed by atoms with E-state index in [1.165, 1.54) is 4.90 Å². The highest BCUT2D eigenvalue weighted by molar-refractivity contribution is 5.91. The molecule has 106 valence electrons. The van der Waals surface area contributed by atoms with Crippen LogP contribution in [0.15, 0.2) is 42.5 Å². The van der Waals surface area contributed by atoms with Crippen molar-refractivity contribution in [1.29, 1.82) is 0 Å². The number of carbonyl (C=O) groups is 2. The van der Waals surface area contributed by atoms with E-state index in [4.69, 9.17) is 11.5 Å². The van der Waals surface area contributed by atoms with Gasteiger partial charge in [-0.3, -0.25) is 9.59 Å². The molecule has 2 aromatic carbocycles. The van der Waals surface area contributed by atoms with Gasteiger partial charge in [0.15, 0.2) is 0 Å². The van der Waals surface area contributed by atoms with Crippen LogP contribution in [0, 0.1) is 12.3 Å². The van der Waals surface area contributed by atoms with Crippen LogP contribution in [0.1, 0.15) is 5.56 Å². The van der Waals surface area contributed by atoms with Crippen LogP contribution < -0.4 is 0 Å². The summed E-state index contributed by atoms with van der Waals surface area (Å²) in [5.41, 5.74) is 0.866. The zero-order chi connectivity index (χ0) is 15.2. The summed E-state index contributed by atoms with van der Waals surface area (Å²) < 4.78 is 0. The molecule has 2 rings (SSSR count). The van der Waals surface area contributed by atoms with Crippen molar-refractivity contribution in [1.82, 2.24) is 4.90 Å². The molecule has 1 N–H and O–H groups in total. The second-order valence-corrected chi connectivity index (χ2v) is 4.66. The molecule has 0 aliphatic carbocycles. The number of carboxylic acids is 1. The Labute approximate surface area is 123 Å². The van der Waals surface area contributed by atoms with Crippen LogP contribution in [0.4, 0.5) is 0 Å². The monoisotopic (exact) mass is 281 g/mol. The van der Waals surface area contributed by atoms with E-state index < -0.39 is 5.97 Å². The van der Waals surface area contributed by atoms with Gasteiger partial charge in [0.1, 0.15) is 6.54 Å². The first-order chi connectivity index (χ1) is 10.1. The highest BCUT2D eigenvalue weighted by Gasteiger charge is 2.17. The average Bonchev–Trinajstić information content (AvgIpc) is 2.47. The molecule has 21 heavy (non-hydrogen) atoms. The number of benzene rings is 2. The van der Waals surface area contributed by atoms with Crippen molar-refractivity contribution in [2.75, 3.05) is 13.1 Å². The lowest BCUT2D eigenvalue weighted by atomic mass is 10.0. The van der Waals surface area contributed by atoms with E-state index in [2.05, 4.69) is 5.92 Å². The first-order valence-electron chi connectivity index (χ1n) is 6.51. The van der Waals surface area contributed by atoms with Crippen LogP contribution in [0.5, 0.6) is 0 Å². The standard InChI is InChI=1S/C17H15NO3/c1-2-10-18(12-17(20)21)16(19)11-14-8-5-7-13-6-3-4-9-15(13)14/h1,3-9H,10-12H2,(H,20,21). The van der Waals surface area contributed by atoms with E-state index in [0.29, 0.717) is 0 Å². The second kappa shape index (κ2) is 6.58. The zero-order valence-corrected chi connectivity index (χ0v) is 11.5. The Morgan fingerprint density at radius 1 is 1.14 bits per heavy atom.